The van der Waals surface area contributed by atoms with Crippen LogP contribution in [0.25, 0.3) is 0 Å². The second-order valence-corrected chi connectivity index (χ2v) is 6.41. The van der Waals surface area contributed by atoms with Gasteiger partial charge in [-0.05, 0) is 61.7 Å². The molecular weight excluding hydrogens is 286 g/mol. The Morgan fingerprint density at radius 2 is 2.04 bits per heavy atom. The van der Waals surface area contributed by atoms with Crippen LogP contribution in [-0.2, 0) is 19.6 Å². The first-order valence-electron chi connectivity index (χ1n) is 8.53. The number of aromatic nitrogens is 1. The fraction of sp³-hybridized carbons (Fsp3) is 0.421. The third-order valence-corrected chi connectivity index (χ3v) is 4.61. The Labute approximate surface area is 137 Å². The summed E-state index contributed by atoms with van der Waals surface area (Å²) in [7, 11) is 0. The van der Waals surface area contributed by atoms with E-state index in [4.69, 9.17) is 4.74 Å². The number of rotatable bonds is 5. The van der Waals surface area contributed by atoms with Crippen molar-refractivity contribution in [3.05, 3.63) is 53.2 Å². The van der Waals surface area contributed by atoms with Crippen LogP contribution in [-0.4, -0.2) is 29.5 Å². The van der Waals surface area contributed by atoms with Crippen LogP contribution in [0.3, 0.4) is 0 Å². The average Bonchev–Trinajstić information content (AvgIpc) is 3.24. The zero-order valence-electron chi connectivity index (χ0n) is 13.4. The van der Waals surface area contributed by atoms with E-state index in [-0.39, 0.29) is 0 Å². The van der Waals surface area contributed by atoms with Crippen LogP contribution in [0.5, 0.6) is 5.75 Å². The van der Waals surface area contributed by atoms with Gasteiger partial charge in [-0.3, -0.25) is 4.90 Å². The molecule has 1 N–H and O–H groups in total. The van der Waals surface area contributed by atoms with Crippen molar-refractivity contribution in [2.24, 2.45) is 0 Å². The van der Waals surface area contributed by atoms with Gasteiger partial charge in [-0.1, -0.05) is 18.2 Å². The van der Waals surface area contributed by atoms with Crippen LogP contribution in [0.4, 0.5) is 5.82 Å². The fourth-order valence-electron chi connectivity index (χ4n) is 3.37. The number of nitrogens with one attached hydrogen (secondary N) is 1. The van der Waals surface area contributed by atoms with Crippen molar-refractivity contribution >= 4 is 5.82 Å². The summed E-state index contributed by atoms with van der Waals surface area (Å²) in [5, 5.41) is 3.32. The lowest BCUT2D eigenvalue weighted by Gasteiger charge is -2.15. The van der Waals surface area contributed by atoms with Crippen LogP contribution in [0.15, 0.2) is 36.4 Å². The third kappa shape index (κ3) is 3.48. The summed E-state index contributed by atoms with van der Waals surface area (Å²) in [6, 6.07) is 12.7. The second-order valence-electron chi connectivity index (χ2n) is 6.41. The maximum atomic E-state index is 5.95. The highest BCUT2D eigenvalue weighted by Gasteiger charge is 2.13. The van der Waals surface area contributed by atoms with Gasteiger partial charge in [0, 0.05) is 13.1 Å². The molecule has 1 aromatic carbocycles. The topological polar surface area (TPSA) is 37.4 Å². The van der Waals surface area contributed by atoms with E-state index in [9.17, 15) is 0 Å². The van der Waals surface area contributed by atoms with Crippen molar-refractivity contribution in [2.75, 3.05) is 25.0 Å². The first kappa shape index (κ1) is 14.5. The number of fused-ring (bicyclic) bond motifs is 1. The summed E-state index contributed by atoms with van der Waals surface area (Å²) >= 11 is 0. The first-order chi connectivity index (χ1) is 11.4. The lowest BCUT2D eigenvalue weighted by atomic mass is 10.2. The van der Waals surface area contributed by atoms with Crippen LogP contribution >= 0.6 is 0 Å². The van der Waals surface area contributed by atoms with Crippen LogP contribution in [0.2, 0.25) is 0 Å². The summed E-state index contributed by atoms with van der Waals surface area (Å²) < 4.78 is 5.95. The minimum absolute atomic E-state index is 0.516. The molecule has 0 spiro atoms. The van der Waals surface area contributed by atoms with Crippen molar-refractivity contribution < 1.29 is 4.74 Å². The fourth-order valence-corrected chi connectivity index (χ4v) is 3.37. The third-order valence-electron chi connectivity index (χ3n) is 4.61. The van der Waals surface area contributed by atoms with Crippen molar-refractivity contribution in [2.45, 2.75) is 32.4 Å². The van der Waals surface area contributed by atoms with Gasteiger partial charge in [-0.25, -0.2) is 4.98 Å². The highest BCUT2D eigenvalue weighted by Crippen LogP contribution is 2.21. The Morgan fingerprint density at radius 1 is 1.13 bits per heavy atom. The smallest absolute Gasteiger partial charge is 0.130 e. The zero-order valence-corrected chi connectivity index (χ0v) is 13.4. The van der Waals surface area contributed by atoms with Crippen molar-refractivity contribution in [3.63, 3.8) is 0 Å². The van der Waals surface area contributed by atoms with E-state index in [2.05, 4.69) is 45.5 Å². The molecule has 4 nitrogen and oxygen atoms in total. The number of nitrogens with zero attached hydrogens (tertiary/aromatic N) is 2. The van der Waals surface area contributed by atoms with Crippen molar-refractivity contribution in [3.8, 4) is 5.75 Å². The quantitative estimate of drug-likeness (QED) is 0.920. The van der Waals surface area contributed by atoms with Gasteiger partial charge in [-0.2, -0.15) is 0 Å². The Bertz CT molecular complexity index is 680. The number of pyridine rings is 1. The maximum absolute atomic E-state index is 5.95. The Kier molecular flexibility index (Phi) is 4.16. The molecule has 4 heteroatoms. The summed E-state index contributed by atoms with van der Waals surface area (Å²) in [4.78, 5) is 7.14. The average molecular weight is 309 g/mol. The van der Waals surface area contributed by atoms with Gasteiger partial charge in [0.2, 0.25) is 0 Å². The van der Waals surface area contributed by atoms with Gasteiger partial charge in [-0.15, -0.1) is 0 Å². The molecule has 23 heavy (non-hydrogen) atoms. The summed E-state index contributed by atoms with van der Waals surface area (Å²) in [5.41, 5.74) is 3.61. The molecule has 0 bridgehead atoms. The number of likely N-dealkylation sites (tertiary alicyclic amines) is 1. The van der Waals surface area contributed by atoms with E-state index < -0.39 is 0 Å². The minimum Gasteiger partial charge on any atom is -0.487 e. The molecule has 2 aliphatic heterocycles. The van der Waals surface area contributed by atoms with Crippen molar-refractivity contribution in [1.82, 2.24) is 9.88 Å². The molecule has 0 amide bonds. The van der Waals surface area contributed by atoms with Gasteiger partial charge in [0.15, 0.2) is 0 Å². The van der Waals surface area contributed by atoms with Gasteiger partial charge in [0.25, 0.3) is 0 Å². The summed E-state index contributed by atoms with van der Waals surface area (Å²) in [6.45, 7) is 4.97. The summed E-state index contributed by atoms with van der Waals surface area (Å²) in [6.07, 6.45) is 3.73. The molecule has 2 aromatic rings. The molecule has 0 aliphatic carbocycles. The SMILES string of the molecule is c1cc(CN2CCCC2)cc(OCc2ccc3c(n2)NCC3)c1. The predicted octanol–water partition coefficient (Wildman–Crippen LogP) is 3.22. The Morgan fingerprint density at radius 3 is 2.96 bits per heavy atom. The Hall–Kier alpha value is -2.07. The number of ether oxygens (including phenoxy) is 1. The van der Waals surface area contributed by atoms with E-state index in [1.165, 1.54) is 37.1 Å². The van der Waals surface area contributed by atoms with Crippen molar-refractivity contribution in [1.29, 1.82) is 0 Å². The molecule has 120 valence electrons. The number of hydrogen-bond donors (Lipinski definition) is 1. The summed E-state index contributed by atoms with van der Waals surface area (Å²) in [5.74, 6) is 1.95. The minimum atomic E-state index is 0.516. The molecule has 1 fully saturated rings. The number of hydrogen-bond acceptors (Lipinski definition) is 4. The first-order valence-corrected chi connectivity index (χ1v) is 8.53. The van der Waals surface area contributed by atoms with Gasteiger partial charge < -0.3 is 10.1 Å². The molecule has 0 unspecified atom stereocenters. The molecule has 1 saturated heterocycles. The van der Waals surface area contributed by atoms with Crippen LogP contribution in [0.1, 0.15) is 29.7 Å². The van der Waals surface area contributed by atoms with E-state index in [1.807, 2.05) is 6.07 Å². The van der Waals surface area contributed by atoms with Crippen LogP contribution < -0.4 is 10.1 Å². The van der Waals surface area contributed by atoms with Gasteiger partial charge >= 0.3 is 0 Å². The maximum Gasteiger partial charge on any atom is 0.130 e. The van der Waals surface area contributed by atoms with E-state index in [0.29, 0.717) is 6.61 Å². The lowest BCUT2D eigenvalue weighted by molar-refractivity contribution is 0.299. The predicted molar refractivity (Wildman–Crippen MR) is 91.7 cm³/mol. The normalized spacial score (nSPS) is 17.0. The molecular formula is C19H23N3O. The molecule has 4 rings (SSSR count). The number of benzene rings is 1. The molecule has 1 aromatic heterocycles. The standard InChI is InChI=1S/C19H23N3O/c1-2-11-22(10-1)13-15-4-3-5-18(12-15)23-14-17-7-6-16-8-9-20-19(16)21-17/h3-7,12H,1-2,8-11,13-14H2,(H,20,21). The van der Waals surface area contributed by atoms with Gasteiger partial charge in [0.05, 0.1) is 5.69 Å². The number of anilines is 1. The second kappa shape index (κ2) is 6.59. The molecule has 2 aliphatic rings. The molecule has 0 atom stereocenters. The molecule has 0 saturated carbocycles. The van der Waals surface area contributed by atoms with E-state index in [1.54, 1.807) is 0 Å². The van der Waals surface area contributed by atoms with Gasteiger partial charge in [0.1, 0.15) is 18.2 Å². The Balaban J connectivity index is 1.38. The lowest BCUT2D eigenvalue weighted by Crippen LogP contribution is -2.18. The highest BCUT2D eigenvalue weighted by molar-refractivity contribution is 5.49. The van der Waals surface area contributed by atoms with Crippen LogP contribution in [0, 0.1) is 0 Å². The molecule has 0 radical (unpaired) electrons. The highest BCUT2D eigenvalue weighted by atomic mass is 16.5. The largest absolute Gasteiger partial charge is 0.487 e. The molecule has 3 heterocycles. The van der Waals surface area contributed by atoms with E-state index in [0.717, 1.165) is 36.8 Å². The van der Waals surface area contributed by atoms with E-state index >= 15 is 0 Å². The monoisotopic (exact) mass is 309 g/mol. The zero-order chi connectivity index (χ0) is 15.5.